The number of nitrogens with zero attached hydrogens (tertiary/aromatic N) is 3. The van der Waals surface area contributed by atoms with Crippen molar-refractivity contribution in [1.29, 1.82) is 0 Å². The van der Waals surface area contributed by atoms with Crippen molar-refractivity contribution < 1.29 is 13.2 Å². The van der Waals surface area contributed by atoms with E-state index in [0.717, 1.165) is 0 Å². The summed E-state index contributed by atoms with van der Waals surface area (Å²) in [5, 5.41) is 6.14. The third kappa shape index (κ3) is 3.92. The van der Waals surface area contributed by atoms with Crippen LogP contribution in [0.25, 0.3) is 0 Å². The number of ether oxygens (including phenoxy) is 1. The van der Waals surface area contributed by atoms with Crippen LogP contribution >= 0.6 is 0 Å². The van der Waals surface area contributed by atoms with Crippen LogP contribution in [0.4, 0.5) is 11.9 Å². The maximum atomic E-state index is 11.4. The number of anilines is 2. The second-order valence-corrected chi connectivity index (χ2v) is 6.87. The number of rotatable bonds is 5. The van der Waals surface area contributed by atoms with Gasteiger partial charge in [0.2, 0.25) is 11.9 Å². The molecule has 8 nitrogen and oxygen atoms in total. The van der Waals surface area contributed by atoms with Gasteiger partial charge >= 0.3 is 6.01 Å². The molecular formula is C11H19N5O3S. The van der Waals surface area contributed by atoms with E-state index in [-0.39, 0.29) is 23.6 Å². The molecule has 0 bridgehead atoms. The quantitative estimate of drug-likeness (QED) is 0.800. The van der Waals surface area contributed by atoms with E-state index in [1.165, 1.54) is 7.11 Å². The average Bonchev–Trinajstić information content (AvgIpc) is 2.41. The van der Waals surface area contributed by atoms with Crippen LogP contribution in [0.1, 0.15) is 19.8 Å². The molecule has 2 heterocycles. The second kappa shape index (κ2) is 6.21. The lowest BCUT2D eigenvalue weighted by Crippen LogP contribution is -2.32. The minimum absolute atomic E-state index is 0.0557. The van der Waals surface area contributed by atoms with E-state index in [4.69, 9.17) is 4.74 Å². The highest BCUT2D eigenvalue weighted by Crippen LogP contribution is 2.17. The van der Waals surface area contributed by atoms with Crippen LogP contribution in [0, 0.1) is 0 Å². The van der Waals surface area contributed by atoms with Gasteiger partial charge in [-0.3, -0.25) is 0 Å². The Balaban J connectivity index is 2.07. The first-order chi connectivity index (χ1) is 9.52. The molecule has 112 valence electrons. The zero-order chi connectivity index (χ0) is 14.6. The molecule has 0 spiro atoms. The summed E-state index contributed by atoms with van der Waals surface area (Å²) in [5.74, 6) is 1.24. The highest BCUT2D eigenvalue weighted by molar-refractivity contribution is 7.91. The predicted molar refractivity (Wildman–Crippen MR) is 75.8 cm³/mol. The van der Waals surface area contributed by atoms with Crippen molar-refractivity contribution in [2.75, 3.05) is 35.8 Å². The topological polar surface area (TPSA) is 106 Å². The molecule has 0 unspecified atom stereocenters. The SMILES string of the molecule is CCNc1nc(NC2CCS(=O)(=O)CC2)nc(OC)n1. The number of sulfone groups is 1. The van der Waals surface area contributed by atoms with Gasteiger partial charge in [0.1, 0.15) is 9.84 Å². The van der Waals surface area contributed by atoms with Gasteiger partial charge in [-0.25, -0.2) is 8.42 Å². The normalized spacial score (nSPS) is 18.5. The van der Waals surface area contributed by atoms with Gasteiger partial charge in [-0.2, -0.15) is 15.0 Å². The number of hydrogen-bond donors (Lipinski definition) is 2. The number of nitrogens with one attached hydrogen (secondary N) is 2. The van der Waals surface area contributed by atoms with Crippen molar-refractivity contribution in [1.82, 2.24) is 15.0 Å². The van der Waals surface area contributed by atoms with Crippen LogP contribution < -0.4 is 15.4 Å². The summed E-state index contributed by atoms with van der Waals surface area (Å²) in [6.07, 6.45) is 1.12. The molecule has 1 saturated heterocycles. The third-order valence-electron chi connectivity index (χ3n) is 3.02. The van der Waals surface area contributed by atoms with Crippen molar-refractivity contribution in [3.63, 3.8) is 0 Å². The standard InChI is InChI=1S/C11H19N5O3S/c1-3-12-9-14-10(16-11(15-9)19-2)13-8-4-6-20(17,18)7-5-8/h8H,3-7H2,1-2H3,(H2,12,13,14,15,16). The van der Waals surface area contributed by atoms with E-state index in [2.05, 4.69) is 25.6 Å². The zero-order valence-corrected chi connectivity index (χ0v) is 12.4. The van der Waals surface area contributed by atoms with Crippen LogP contribution in [0.15, 0.2) is 0 Å². The molecule has 1 fully saturated rings. The highest BCUT2D eigenvalue weighted by atomic mass is 32.2. The Morgan fingerprint density at radius 2 is 1.85 bits per heavy atom. The van der Waals surface area contributed by atoms with Gasteiger partial charge in [-0.05, 0) is 19.8 Å². The van der Waals surface area contributed by atoms with Crippen LogP contribution in [-0.2, 0) is 9.84 Å². The highest BCUT2D eigenvalue weighted by Gasteiger charge is 2.24. The second-order valence-electron chi connectivity index (χ2n) is 4.57. The fourth-order valence-corrected chi connectivity index (χ4v) is 3.46. The van der Waals surface area contributed by atoms with E-state index in [1.807, 2.05) is 6.92 Å². The fourth-order valence-electron chi connectivity index (χ4n) is 1.97. The number of aromatic nitrogens is 3. The van der Waals surface area contributed by atoms with Crippen molar-refractivity contribution >= 4 is 21.7 Å². The molecule has 9 heteroatoms. The Labute approximate surface area is 118 Å². The van der Waals surface area contributed by atoms with Crippen molar-refractivity contribution in [2.24, 2.45) is 0 Å². The first kappa shape index (κ1) is 14.8. The third-order valence-corrected chi connectivity index (χ3v) is 4.74. The molecule has 0 aliphatic carbocycles. The molecule has 0 radical (unpaired) electrons. The molecular weight excluding hydrogens is 282 g/mol. The molecule has 2 N–H and O–H groups in total. The van der Waals surface area contributed by atoms with Crippen LogP contribution in [0.3, 0.4) is 0 Å². The Bertz CT molecular complexity index is 549. The maximum Gasteiger partial charge on any atom is 0.322 e. The number of methoxy groups -OCH3 is 1. The van der Waals surface area contributed by atoms with Gasteiger partial charge < -0.3 is 15.4 Å². The molecule has 2 rings (SSSR count). The molecule has 0 atom stereocenters. The zero-order valence-electron chi connectivity index (χ0n) is 11.6. The van der Waals surface area contributed by atoms with Gasteiger partial charge in [-0.15, -0.1) is 0 Å². The van der Waals surface area contributed by atoms with Crippen LogP contribution in [-0.4, -0.2) is 54.6 Å². The summed E-state index contributed by atoms with van der Waals surface area (Å²) in [6.45, 7) is 2.63. The Hall–Kier alpha value is -1.64. The fraction of sp³-hybridized carbons (Fsp3) is 0.727. The first-order valence-electron chi connectivity index (χ1n) is 6.53. The maximum absolute atomic E-state index is 11.4. The molecule has 1 aromatic rings. The van der Waals surface area contributed by atoms with Gasteiger partial charge in [0, 0.05) is 12.6 Å². The Morgan fingerprint density at radius 1 is 1.20 bits per heavy atom. The molecule has 0 amide bonds. The van der Waals surface area contributed by atoms with E-state index >= 15 is 0 Å². The van der Waals surface area contributed by atoms with Gasteiger partial charge in [0.15, 0.2) is 0 Å². The van der Waals surface area contributed by atoms with Crippen molar-refractivity contribution in [3.05, 3.63) is 0 Å². The van der Waals surface area contributed by atoms with Crippen molar-refractivity contribution in [2.45, 2.75) is 25.8 Å². The minimum atomic E-state index is -2.87. The predicted octanol–water partition coefficient (Wildman–Crippen LogP) is 0.301. The lowest BCUT2D eigenvalue weighted by molar-refractivity contribution is 0.379. The van der Waals surface area contributed by atoms with Crippen molar-refractivity contribution in [3.8, 4) is 6.01 Å². The Kier molecular flexibility index (Phi) is 4.58. The van der Waals surface area contributed by atoms with E-state index in [0.29, 0.717) is 31.3 Å². The lowest BCUT2D eigenvalue weighted by Gasteiger charge is -2.23. The molecule has 0 saturated carbocycles. The largest absolute Gasteiger partial charge is 0.467 e. The summed E-state index contributed by atoms with van der Waals surface area (Å²) in [4.78, 5) is 12.4. The molecule has 0 aromatic carbocycles. The molecule has 1 aliphatic heterocycles. The summed E-state index contributed by atoms with van der Waals surface area (Å²) >= 11 is 0. The minimum Gasteiger partial charge on any atom is -0.467 e. The van der Waals surface area contributed by atoms with E-state index < -0.39 is 9.84 Å². The Morgan fingerprint density at radius 3 is 2.45 bits per heavy atom. The van der Waals surface area contributed by atoms with Crippen LogP contribution in [0.5, 0.6) is 6.01 Å². The van der Waals surface area contributed by atoms with Crippen LogP contribution in [0.2, 0.25) is 0 Å². The van der Waals surface area contributed by atoms with E-state index in [9.17, 15) is 8.42 Å². The lowest BCUT2D eigenvalue weighted by atomic mass is 10.2. The van der Waals surface area contributed by atoms with Gasteiger partial charge in [0.05, 0.1) is 18.6 Å². The number of hydrogen-bond acceptors (Lipinski definition) is 8. The molecule has 20 heavy (non-hydrogen) atoms. The average molecular weight is 301 g/mol. The summed E-state index contributed by atoms with van der Waals surface area (Å²) < 4.78 is 27.8. The van der Waals surface area contributed by atoms with E-state index in [1.54, 1.807) is 0 Å². The van der Waals surface area contributed by atoms with Gasteiger partial charge in [-0.1, -0.05) is 0 Å². The van der Waals surface area contributed by atoms with Gasteiger partial charge in [0.25, 0.3) is 0 Å². The first-order valence-corrected chi connectivity index (χ1v) is 8.35. The molecule has 1 aliphatic rings. The molecule has 1 aromatic heterocycles. The summed E-state index contributed by atoms with van der Waals surface area (Å²) in [7, 11) is -1.38. The smallest absolute Gasteiger partial charge is 0.322 e. The monoisotopic (exact) mass is 301 g/mol. The summed E-state index contributed by atoms with van der Waals surface area (Å²) in [5.41, 5.74) is 0. The summed E-state index contributed by atoms with van der Waals surface area (Å²) in [6, 6.07) is 0.280.